The minimum absolute atomic E-state index is 0.0197. The van der Waals surface area contributed by atoms with E-state index in [-0.39, 0.29) is 23.6 Å². The van der Waals surface area contributed by atoms with Crippen molar-refractivity contribution in [3.05, 3.63) is 18.5 Å². The molecule has 7 heteroatoms. The van der Waals surface area contributed by atoms with Gasteiger partial charge in [0.2, 0.25) is 5.95 Å². The Morgan fingerprint density at radius 1 is 1.18 bits per heavy atom. The Morgan fingerprint density at radius 3 is 2.64 bits per heavy atom. The zero-order valence-electron chi connectivity index (χ0n) is 12.6. The van der Waals surface area contributed by atoms with E-state index in [1.165, 1.54) is 0 Å². The number of hydrogen-bond donors (Lipinski definition) is 0. The van der Waals surface area contributed by atoms with Gasteiger partial charge in [0, 0.05) is 37.9 Å². The number of hydrogen-bond acceptors (Lipinski definition) is 6. The molecule has 2 atom stereocenters. The van der Waals surface area contributed by atoms with E-state index >= 15 is 0 Å². The minimum Gasteiger partial charge on any atom is -0.334 e. The highest BCUT2D eigenvalue weighted by Crippen LogP contribution is 2.28. The Bertz CT molecular complexity index is 680. The lowest BCUT2D eigenvalue weighted by Crippen LogP contribution is -2.59. The number of piperazine rings is 1. The summed E-state index contributed by atoms with van der Waals surface area (Å²) in [5, 5.41) is 0. The van der Waals surface area contributed by atoms with Crippen LogP contribution in [0.25, 0.3) is 0 Å². The Morgan fingerprint density at radius 2 is 1.91 bits per heavy atom. The number of anilines is 1. The highest BCUT2D eigenvalue weighted by atomic mass is 32.2. The lowest BCUT2D eigenvalue weighted by molar-refractivity contribution is 0.188. The molecule has 0 radical (unpaired) electrons. The molecule has 0 aliphatic carbocycles. The second-order valence-corrected chi connectivity index (χ2v) is 7.79. The third-order valence-electron chi connectivity index (χ3n) is 4.18. The quantitative estimate of drug-likeness (QED) is 0.724. The molecule has 3 rings (SSSR count). The van der Waals surface area contributed by atoms with Crippen LogP contribution in [0.2, 0.25) is 0 Å². The Labute approximate surface area is 131 Å². The van der Waals surface area contributed by atoms with Gasteiger partial charge in [-0.3, -0.25) is 4.90 Å². The van der Waals surface area contributed by atoms with Crippen molar-refractivity contribution in [3.8, 4) is 11.8 Å². The molecule has 118 valence electrons. The van der Waals surface area contributed by atoms with Crippen LogP contribution in [0.1, 0.15) is 13.3 Å². The van der Waals surface area contributed by atoms with Gasteiger partial charge in [-0.25, -0.2) is 18.4 Å². The number of rotatable bonds is 2. The number of aromatic nitrogens is 2. The molecular weight excluding hydrogens is 300 g/mol. The van der Waals surface area contributed by atoms with Crippen LogP contribution in [0.15, 0.2) is 18.5 Å². The van der Waals surface area contributed by atoms with Crippen molar-refractivity contribution in [2.45, 2.75) is 25.4 Å². The van der Waals surface area contributed by atoms with Crippen molar-refractivity contribution >= 4 is 15.8 Å². The van der Waals surface area contributed by atoms with E-state index < -0.39 is 9.84 Å². The summed E-state index contributed by atoms with van der Waals surface area (Å²) in [7, 11) is -3.02. The summed E-state index contributed by atoms with van der Waals surface area (Å²) < 4.78 is 24.2. The van der Waals surface area contributed by atoms with Gasteiger partial charge < -0.3 is 4.90 Å². The van der Waals surface area contributed by atoms with Gasteiger partial charge in [-0.15, -0.1) is 5.92 Å². The average Bonchev–Trinajstić information content (AvgIpc) is 2.84. The number of fused-ring (bicyclic) bond motifs is 1. The molecule has 0 N–H and O–H groups in total. The molecule has 22 heavy (non-hydrogen) atoms. The van der Waals surface area contributed by atoms with Crippen molar-refractivity contribution in [1.82, 2.24) is 14.9 Å². The van der Waals surface area contributed by atoms with Gasteiger partial charge in [-0.1, -0.05) is 12.8 Å². The van der Waals surface area contributed by atoms with E-state index in [1.807, 2.05) is 11.8 Å². The first-order valence-electron chi connectivity index (χ1n) is 7.54. The number of sulfone groups is 1. The van der Waals surface area contributed by atoms with Crippen LogP contribution in [-0.2, 0) is 9.84 Å². The van der Waals surface area contributed by atoms with Crippen molar-refractivity contribution in [2.24, 2.45) is 0 Å². The monoisotopic (exact) mass is 320 g/mol. The first kappa shape index (κ1) is 15.3. The van der Waals surface area contributed by atoms with Crippen LogP contribution in [0.3, 0.4) is 0 Å². The molecule has 6 nitrogen and oxygen atoms in total. The minimum atomic E-state index is -3.02. The SMILES string of the molecule is CCC#CCN1CCN(c2ncccn2)[C@@H]2CS(=O)(=O)C[C@@H]21. The number of nitrogens with zero attached hydrogens (tertiary/aromatic N) is 4. The Hall–Kier alpha value is -1.65. The topological polar surface area (TPSA) is 66.4 Å². The smallest absolute Gasteiger partial charge is 0.225 e. The summed E-state index contributed by atoms with van der Waals surface area (Å²) in [5.41, 5.74) is 0. The summed E-state index contributed by atoms with van der Waals surface area (Å²) >= 11 is 0. The summed E-state index contributed by atoms with van der Waals surface area (Å²) in [6, 6.07) is 1.67. The fourth-order valence-corrected chi connectivity index (χ4v) is 5.20. The fraction of sp³-hybridized carbons (Fsp3) is 0.600. The third-order valence-corrected chi connectivity index (χ3v) is 5.88. The van der Waals surface area contributed by atoms with Crippen LogP contribution >= 0.6 is 0 Å². The van der Waals surface area contributed by atoms with E-state index in [0.29, 0.717) is 12.5 Å². The summed E-state index contributed by atoms with van der Waals surface area (Å²) in [6.07, 6.45) is 4.21. The van der Waals surface area contributed by atoms with Crippen LogP contribution < -0.4 is 4.90 Å². The van der Waals surface area contributed by atoms with Gasteiger partial charge in [0.25, 0.3) is 0 Å². The van der Waals surface area contributed by atoms with E-state index in [1.54, 1.807) is 18.5 Å². The molecule has 0 amide bonds. The van der Waals surface area contributed by atoms with Crippen molar-refractivity contribution < 1.29 is 8.42 Å². The highest BCUT2D eigenvalue weighted by molar-refractivity contribution is 7.91. The molecule has 1 aromatic rings. The molecule has 0 unspecified atom stereocenters. The maximum Gasteiger partial charge on any atom is 0.225 e. The molecule has 0 bridgehead atoms. The molecule has 3 heterocycles. The van der Waals surface area contributed by atoms with Crippen LogP contribution in [0.5, 0.6) is 0 Å². The fourth-order valence-electron chi connectivity index (χ4n) is 3.19. The highest BCUT2D eigenvalue weighted by Gasteiger charge is 2.47. The molecule has 2 aliphatic rings. The lowest BCUT2D eigenvalue weighted by Gasteiger charge is -2.43. The van der Waals surface area contributed by atoms with E-state index in [4.69, 9.17) is 0 Å². The standard InChI is InChI=1S/C15H20N4O2S/c1-2-3-4-8-18-9-10-19(15-16-6-5-7-17-15)14-12-22(20,21)11-13(14)18/h5-7,13-14H,2,8-12H2,1H3/t13-,14+/m0/s1. The summed E-state index contributed by atoms with van der Waals surface area (Å²) in [4.78, 5) is 12.8. The summed E-state index contributed by atoms with van der Waals surface area (Å²) in [6.45, 7) is 4.16. The molecule has 2 saturated heterocycles. The van der Waals surface area contributed by atoms with E-state index in [0.717, 1.165) is 19.5 Å². The molecule has 1 aromatic heterocycles. The summed E-state index contributed by atoms with van der Waals surface area (Å²) in [5.74, 6) is 7.19. The predicted molar refractivity (Wildman–Crippen MR) is 85.2 cm³/mol. The van der Waals surface area contributed by atoms with Gasteiger partial charge in [0.05, 0.1) is 24.1 Å². The largest absolute Gasteiger partial charge is 0.334 e. The van der Waals surface area contributed by atoms with E-state index in [2.05, 4.69) is 26.7 Å². The lowest BCUT2D eigenvalue weighted by atomic mass is 10.1. The molecular formula is C15H20N4O2S. The van der Waals surface area contributed by atoms with E-state index in [9.17, 15) is 8.42 Å². The maximum absolute atomic E-state index is 12.1. The van der Waals surface area contributed by atoms with Gasteiger partial charge in [-0.2, -0.15) is 0 Å². The zero-order chi connectivity index (χ0) is 15.6. The second kappa shape index (κ2) is 6.23. The molecule has 0 aromatic carbocycles. The Kier molecular flexibility index (Phi) is 4.32. The average molecular weight is 320 g/mol. The van der Waals surface area contributed by atoms with Gasteiger partial charge in [0.15, 0.2) is 9.84 Å². The van der Waals surface area contributed by atoms with Crippen LogP contribution in [-0.4, -0.2) is 66.5 Å². The predicted octanol–water partition coefficient (Wildman–Crippen LogP) is 0.178. The maximum atomic E-state index is 12.1. The van der Waals surface area contributed by atoms with Crippen molar-refractivity contribution in [2.75, 3.05) is 36.0 Å². The molecule has 0 saturated carbocycles. The van der Waals surface area contributed by atoms with Crippen molar-refractivity contribution in [1.29, 1.82) is 0 Å². The van der Waals surface area contributed by atoms with Gasteiger partial charge >= 0.3 is 0 Å². The first-order valence-corrected chi connectivity index (χ1v) is 9.37. The molecule has 2 fully saturated rings. The zero-order valence-corrected chi connectivity index (χ0v) is 13.5. The van der Waals surface area contributed by atoms with Crippen LogP contribution in [0, 0.1) is 11.8 Å². The third kappa shape index (κ3) is 3.08. The Balaban J connectivity index is 1.84. The first-order chi connectivity index (χ1) is 10.6. The second-order valence-electron chi connectivity index (χ2n) is 5.63. The molecule has 0 spiro atoms. The van der Waals surface area contributed by atoms with Crippen molar-refractivity contribution in [3.63, 3.8) is 0 Å². The molecule has 2 aliphatic heterocycles. The van der Waals surface area contributed by atoms with Gasteiger partial charge in [0.1, 0.15) is 0 Å². The normalized spacial score (nSPS) is 27.0. The van der Waals surface area contributed by atoms with Gasteiger partial charge in [-0.05, 0) is 6.07 Å². The van der Waals surface area contributed by atoms with Crippen LogP contribution in [0.4, 0.5) is 5.95 Å².